The van der Waals surface area contributed by atoms with Crippen LogP contribution in [0.15, 0.2) is 47.1 Å². The van der Waals surface area contributed by atoms with Crippen molar-refractivity contribution in [3.8, 4) is 0 Å². The van der Waals surface area contributed by atoms with Gasteiger partial charge in [-0.25, -0.2) is 0 Å². The highest BCUT2D eigenvalue weighted by molar-refractivity contribution is 5.91. The molecule has 1 aliphatic rings. The molecule has 29 heavy (non-hydrogen) atoms. The molecule has 5 heteroatoms. The van der Waals surface area contributed by atoms with E-state index in [1.807, 2.05) is 0 Å². The Balaban J connectivity index is 1.59. The summed E-state index contributed by atoms with van der Waals surface area (Å²) in [6.45, 7) is 9.78. The quantitative estimate of drug-likeness (QED) is 0.765. The summed E-state index contributed by atoms with van der Waals surface area (Å²) in [4.78, 5) is 27.1. The molecule has 0 saturated carbocycles. The van der Waals surface area contributed by atoms with E-state index < -0.39 is 0 Å². The second kappa shape index (κ2) is 9.29. The number of likely N-dealkylation sites (tertiary alicyclic amines) is 1. The fourth-order valence-electron chi connectivity index (χ4n) is 3.90. The van der Waals surface area contributed by atoms with Gasteiger partial charge in [-0.05, 0) is 47.9 Å². The molecule has 1 saturated heterocycles. The number of nitrogens with zero attached hydrogens (tertiary/aromatic N) is 1. The standard InChI is InChI=1S/C24H32N2O3/c1-16(2)18-7-9-19(10-8-18)22(17(3)4)25-23(27)20-11-13-26(14-12-20)24(28)21-6-5-15-29-21/h5-10,15-17,20,22H,11-14H2,1-4H3,(H,25,27)/t22-/m0/s1. The molecule has 2 heterocycles. The SMILES string of the molecule is CC(C)c1ccc([C@@H](NC(=O)C2CCN(C(=O)c3ccco3)CC2)C(C)C)cc1. The second-order valence-electron chi connectivity index (χ2n) is 8.60. The van der Waals surface area contributed by atoms with Crippen molar-refractivity contribution < 1.29 is 14.0 Å². The van der Waals surface area contributed by atoms with Crippen LogP contribution in [0.2, 0.25) is 0 Å². The van der Waals surface area contributed by atoms with Gasteiger partial charge in [-0.2, -0.15) is 0 Å². The Labute approximate surface area is 173 Å². The molecule has 2 amide bonds. The van der Waals surface area contributed by atoms with Crippen LogP contribution >= 0.6 is 0 Å². The largest absolute Gasteiger partial charge is 0.459 e. The summed E-state index contributed by atoms with van der Waals surface area (Å²) in [5, 5.41) is 3.26. The first-order valence-corrected chi connectivity index (χ1v) is 10.6. The van der Waals surface area contributed by atoms with Crippen LogP contribution in [0.5, 0.6) is 0 Å². The monoisotopic (exact) mass is 396 g/mol. The van der Waals surface area contributed by atoms with Crippen LogP contribution in [0.4, 0.5) is 0 Å². The maximum Gasteiger partial charge on any atom is 0.289 e. The van der Waals surface area contributed by atoms with Gasteiger partial charge < -0.3 is 14.6 Å². The van der Waals surface area contributed by atoms with Crippen LogP contribution in [0.1, 0.15) is 74.2 Å². The molecule has 1 atom stereocenters. The van der Waals surface area contributed by atoms with Gasteiger partial charge >= 0.3 is 0 Å². The van der Waals surface area contributed by atoms with Crippen molar-refractivity contribution in [2.45, 2.75) is 52.5 Å². The summed E-state index contributed by atoms with van der Waals surface area (Å²) >= 11 is 0. The van der Waals surface area contributed by atoms with Gasteiger partial charge in [0.2, 0.25) is 5.91 Å². The van der Waals surface area contributed by atoms with Crippen molar-refractivity contribution in [2.24, 2.45) is 11.8 Å². The molecule has 0 radical (unpaired) electrons. The third kappa shape index (κ3) is 5.08. The minimum Gasteiger partial charge on any atom is -0.459 e. The van der Waals surface area contributed by atoms with Crippen molar-refractivity contribution in [1.82, 2.24) is 10.2 Å². The van der Waals surface area contributed by atoms with Gasteiger partial charge in [0.15, 0.2) is 5.76 Å². The zero-order valence-corrected chi connectivity index (χ0v) is 17.9. The lowest BCUT2D eigenvalue weighted by Gasteiger charge is -2.32. The Hall–Kier alpha value is -2.56. The average Bonchev–Trinajstić information content (AvgIpc) is 3.26. The number of carbonyl (C=O) groups is 2. The lowest BCUT2D eigenvalue weighted by Crippen LogP contribution is -2.44. The van der Waals surface area contributed by atoms with Crippen LogP contribution in [-0.4, -0.2) is 29.8 Å². The molecule has 1 N–H and O–H groups in total. The van der Waals surface area contributed by atoms with E-state index in [-0.39, 0.29) is 23.8 Å². The molecular weight excluding hydrogens is 364 g/mol. The van der Waals surface area contributed by atoms with Gasteiger partial charge in [0.25, 0.3) is 5.91 Å². The molecule has 1 aromatic carbocycles. The number of nitrogens with one attached hydrogen (secondary N) is 1. The number of hydrogen-bond acceptors (Lipinski definition) is 3. The smallest absolute Gasteiger partial charge is 0.289 e. The number of carbonyl (C=O) groups excluding carboxylic acids is 2. The van der Waals surface area contributed by atoms with Gasteiger partial charge in [0.1, 0.15) is 0 Å². The fourth-order valence-corrected chi connectivity index (χ4v) is 3.90. The van der Waals surface area contributed by atoms with Crippen LogP contribution in [0.3, 0.4) is 0 Å². The minimum absolute atomic E-state index is 0.00788. The Bertz CT molecular complexity index is 801. The molecule has 5 nitrogen and oxygen atoms in total. The van der Waals surface area contributed by atoms with Gasteiger partial charge in [0, 0.05) is 19.0 Å². The van der Waals surface area contributed by atoms with Crippen molar-refractivity contribution >= 4 is 11.8 Å². The highest BCUT2D eigenvalue weighted by Crippen LogP contribution is 2.26. The third-order valence-corrected chi connectivity index (χ3v) is 5.81. The van der Waals surface area contributed by atoms with Crippen molar-refractivity contribution in [3.05, 3.63) is 59.5 Å². The maximum absolute atomic E-state index is 12.9. The summed E-state index contributed by atoms with van der Waals surface area (Å²) < 4.78 is 5.20. The molecule has 2 aromatic rings. The molecule has 0 unspecified atom stereocenters. The van der Waals surface area contributed by atoms with Gasteiger partial charge in [-0.1, -0.05) is 52.0 Å². The van der Waals surface area contributed by atoms with Gasteiger partial charge in [0.05, 0.1) is 12.3 Å². The predicted octanol–water partition coefficient (Wildman–Crippen LogP) is 4.77. The van der Waals surface area contributed by atoms with E-state index >= 15 is 0 Å². The van der Waals surface area contributed by atoms with E-state index in [1.165, 1.54) is 11.8 Å². The fraction of sp³-hybridized carbons (Fsp3) is 0.500. The van der Waals surface area contributed by atoms with E-state index in [0.29, 0.717) is 43.5 Å². The van der Waals surface area contributed by atoms with E-state index in [1.54, 1.807) is 17.0 Å². The van der Waals surface area contributed by atoms with Crippen molar-refractivity contribution in [1.29, 1.82) is 0 Å². The third-order valence-electron chi connectivity index (χ3n) is 5.81. The molecule has 3 rings (SSSR count). The molecule has 1 aromatic heterocycles. The molecule has 1 fully saturated rings. The van der Waals surface area contributed by atoms with E-state index in [2.05, 4.69) is 57.3 Å². The van der Waals surface area contributed by atoms with E-state index in [4.69, 9.17) is 4.42 Å². The van der Waals surface area contributed by atoms with Crippen LogP contribution in [0.25, 0.3) is 0 Å². The lowest BCUT2D eigenvalue weighted by molar-refractivity contribution is -0.127. The van der Waals surface area contributed by atoms with Crippen molar-refractivity contribution in [2.75, 3.05) is 13.1 Å². The lowest BCUT2D eigenvalue weighted by atomic mass is 9.91. The summed E-state index contributed by atoms with van der Waals surface area (Å²) in [6.07, 6.45) is 2.86. The van der Waals surface area contributed by atoms with Crippen molar-refractivity contribution in [3.63, 3.8) is 0 Å². The Morgan fingerprint density at radius 2 is 1.62 bits per heavy atom. The van der Waals surface area contributed by atoms with Crippen LogP contribution in [-0.2, 0) is 4.79 Å². The highest BCUT2D eigenvalue weighted by Gasteiger charge is 2.30. The number of amides is 2. The number of benzene rings is 1. The summed E-state index contributed by atoms with van der Waals surface area (Å²) in [5.41, 5.74) is 2.44. The van der Waals surface area contributed by atoms with Gasteiger partial charge in [-0.15, -0.1) is 0 Å². The summed E-state index contributed by atoms with van der Waals surface area (Å²) in [6, 6.07) is 12.0. The van der Waals surface area contributed by atoms with E-state index in [0.717, 1.165) is 5.56 Å². The Morgan fingerprint density at radius 3 is 2.14 bits per heavy atom. The molecule has 0 aliphatic carbocycles. The Morgan fingerprint density at radius 1 is 1.00 bits per heavy atom. The first kappa shape index (κ1) is 21.2. The molecular formula is C24H32N2O3. The number of hydrogen-bond donors (Lipinski definition) is 1. The first-order chi connectivity index (χ1) is 13.9. The number of piperidine rings is 1. The molecule has 156 valence electrons. The molecule has 1 aliphatic heterocycles. The summed E-state index contributed by atoms with van der Waals surface area (Å²) in [7, 11) is 0. The second-order valence-corrected chi connectivity index (χ2v) is 8.60. The minimum atomic E-state index is -0.0980. The Kier molecular flexibility index (Phi) is 6.78. The first-order valence-electron chi connectivity index (χ1n) is 10.6. The zero-order valence-electron chi connectivity index (χ0n) is 17.9. The van der Waals surface area contributed by atoms with Crippen LogP contribution < -0.4 is 5.32 Å². The predicted molar refractivity (Wildman–Crippen MR) is 114 cm³/mol. The number of rotatable bonds is 6. The molecule has 0 bridgehead atoms. The number of furan rings is 1. The maximum atomic E-state index is 12.9. The van der Waals surface area contributed by atoms with Crippen LogP contribution in [0, 0.1) is 11.8 Å². The zero-order chi connectivity index (χ0) is 21.0. The molecule has 0 spiro atoms. The van der Waals surface area contributed by atoms with Gasteiger partial charge in [-0.3, -0.25) is 9.59 Å². The van der Waals surface area contributed by atoms with E-state index in [9.17, 15) is 9.59 Å². The topological polar surface area (TPSA) is 62.6 Å². The normalized spacial score (nSPS) is 16.3. The highest BCUT2D eigenvalue weighted by atomic mass is 16.3. The summed E-state index contributed by atoms with van der Waals surface area (Å²) in [5.74, 6) is 1.07. The average molecular weight is 397 g/mol.